The molecule has 0 saturated carbocycles. The van der Waals surface area contributed by atoms with E-state index in [4.69, 9.17) is 9.47 Å². The van der Waals surface area contributed by atoms with Gasteiger partial charge in [0.15, 0.2) is 11.5 Å². The van der Waals surface area contributed by atoms with E-state index in [0.29, 0.717) is 30.4 Å². The number of carbonyl (C=O) groups excluding carboxylic acids is 1. The number of benzene rings is 1. The summed E-state index contributed by atoms with van der Waals surface area (Å²) in [5.41, 5.74) is 3.36. The van der Waals surface area contributed by atoms with Gasteiger partial charge in [0, 0.05) is 4.88 Å². The van der Waals surface area contributed by atoms with Gasteiger partial charge >= 0.3 is 0 Å². The van der Waals surface area contributed by atoms with Gasteiger partial charge in [-0.25, -0.2) is 5.43 Å². The average molecular weight is 360 g/mol. The standard InChI is InChI=1S/C19H24N2O3S/c1-14(2)8-9-24-17-7-6-15(11-18(17)23-3)13-20-21-19(22)12-16-5-4-10-25-16/h4-7,10-11,13-14H,8-9,12H2,1-3H3,(H,21,22)/b20-13-. The van der Waals surface area contributed by atoms with Crippen LogP contribution in [0, 0.1) is 5.92 Å². The summed E-state index contributed by atoms with van der Waals surface area (Å²) in [4.78, 5) is 12.8. The number of rotatable bonds is 9. The average Bonchev–Trinajstić information content (AvgIpc) is 3.08. The van der Waals surface area contributed by atoms with Crippen molar-refractivity contribution < 1.29 is 14.3 Å². The quantitative estimate of drug-likeness (QED) is 0.545. The molecular formula is C19H24N2O3S. The lowest BCUT2D eigenvalue weighted by Gasteiger charge is -2.12. The summed E-state index contributed by atoms with van der Waals surface area (Å²) in [6.45, 7) is 4.97. The molecule has 1 aromatic carbocycles. The molecule has 0 aliphatic carbocycles. The van der Waals surface area contributed by atoms with E-state index in [1.807, 2.05) is 35.7 Å². The van der Waals surface area contributed by atoms with Gasteiger partial charge in [-0.15, -0.1) is 11.3 Å². The number of hydrogen-bond donors (Lipinski definition) is 1. The Morgan fingerprint density at radius 3 is 2.84 bits per heavy atom. The Morgan fingerprint density at radius 1 is 1.32 bits per heavy atom. The first-order valence-electron chi connectivity index (χ1n) is 8.23. The van der Waals surface area contributed by atoms with Crippen LogP contribution in [0.25, 0.3) is 0 Å². The lowest BCUT2D eigenvalue weighted by Crippen LogP contribution is -2.19. The molecule has 0 atom stereocenters. The van der Waals surface area contributed by atoms with Gasteiger partial charge < -0.3 is 9.47 Å². The number of nitrogens with one attached hydrogen (secondary N) is 1. The van der Waals surface area contributed by atoms with Crippen LogP contribution in [0.3, 0.4) is 0 Å². The summed E-state index contributed by atoms with van der Waals surface area (Å²) in [7, 11) is 1.61. The Morgan fingerprint density at radius 2 is 2.16 bits per heavy atom. The highest BCUT2D eigenvalue weighted by Crippen LogP contribution is 2.27. The number of nitrogens with zero attached hydrogens (tertiary/aromatic N) is 1. The monoisotopic (exact) mass is 360 g/mol. The molecule has 2 rings (SSSR count). The van der Waals surface area contributed by atoms with Gasteiger partial charge in [-0.2, -0.15) is 5.10 Å². The van der Waals surface area contributed by atoms with Crippen LogP contribution >= 0.6 is 11.3 Å². The molecule has 1 amide bonds. The molecule has 6 heteroatoms. The van der Waals surface area contributed by atoms with E-state index in [9.17, 15) is 4.79 Å². The van der Waals surface area contributed by atoms with Crippen LogP contribution in [-0.4, -0.2) is 25.8 Å². The summed E-state index contributed by atoms with van der Waals surface area (Å²) >= 11 is 1.55. The number of hydrogen-bond acceptors (Lipinski definition) is 5. The van der Waals surface area contributed by atoms with Crippen LogP contribution in [0.4, 0.5) is 0 Å². The van der Waals surface area contributed by atoms with Crippen molar-refractivity contribution in [2.24, 2.45) is 11.0 Å². The van der Waals surface area contributed by atoms with Crippen LogP contribution in [0.5, 0.6) is 11.5 Å². The molecule has 134 valence electrons. The highest BCUT2D eigenvalue weighted by Gasteiger charge is 2.06. The third-order valence-electron chi connectivity index (χ3n) is 3.46. The zero-order chi connectivity index (χ0) is 18.1. The van der Waals surface area contributed by atoms with E-state index in [1.165, 1.54) is 0 Å². The number of carbonyl (C=O) groups is 1. The maximum absolute atomic E-state index is 11.8. The first-order chi connectivity index (χ1) is 12.1. The Balaban J connectivity index is 1.89. The van der Waals surface area contributed by atoms with Crippen molar-refractivity contribution in [2.75, 3.05) is 13.7 Å². The molecule has 0 radical (unpaired) electrons. The van der Waals surface area contributed by atoms with Crippen LogP contribution in [0.1, 0.15) is 30.7 Å². The van der Waals surface area contributed by atoms with E-state index in [-0.39, 0.29) is 5.91 Å². The lowest BCUT2D eigenvalue weighted by atomic mass is 10.1. The fraction of sp³-hybridized carbons (Fsp3) is 0.368. The number of ether oxygens (including phenoxy) is 2. The number of hydrazone groups is 1. The van der Waals surface area contributed by atoms with Gasteiger partial charge in [-0.3, -0.25) is 4.79 Å². The van der Waals surface area contributed by atoms with Crippen molar-refractivity contribution in [1.29, 1.82) is 0 Å². The third kappa shape index (κ3) is 6.58. The highest BCUT2D eigenvalue weighted by atomic mass is 32.1. The van der Waals surface area contributed by atoms with E-state index in [1.54, 1.807) is 24.7 Å². The molecule has 5 nitrogen and oxygen atoms in total. The fourth-order valence-corrected chi connectivity index (χ4v) is 2.78. The minimum Gasteiger partial charge on any atom is -0.493 e. The SMILES string of the molecule is COc1cc(/C=N\NC(=O)Cc2cccs2)ccc1OCCC(C)C. The Labute approximate surface area is 152 Å². The van der Waals surface area contributed by atoms with Crippen molar-refractivity contribution in [3.8, 4) is 11.5 Å². The van der Waals surface area contributed by atoms with Gasteiger partial charge in [-0.1, -0.05) is 19.9 Å². The largest absolute Gasteiger partial charge is 0.493 e. The summed E-state index contributed by atoms with van der Waals surface area (Å²) in [5, 5.41) is 5.94. The maximum atomic E-state index is 11.8. The maximum Gasteiger partial charge on any atom is 0.245 e. The predicted octanol–water partition coefficient (Wildman–Crippen LogP) is 3.87. The summed E-state index contributed by atoms with van der Waals surface area (Å²) in [5.74, 6) is 1.81. The first-order valence-corrected chi connectivity index (χ1v) is 9.11. The zero-order valence-corrected chi connectivity index (χ0v) is 15.6. The zero-order valence-electron chi connectivity index (χ0n) is 14.8. The highest BCUT2D eigenvalue weighted by molar-refractivity contribution is 7.10. The van der Waals surface area contributed by atoms with Gasteiger partial charge in [-0.05, 0) is 47.5 Å². The second-order valence-electron chi connectivity index (χ2n) is 5.99. The van der Waals surface area contributed by atoms with E-state index < -0.39 is 0 Å². The van der Waals surface area contributed by atoms with Crippen molar-refractivity contribution in [3.05, 3.63) is 46.2 Å². The van der Waals surface area contributed by atoms with Crippen LogP contribution < -0.4 is 14.9 Å². The predicted molar refractivity (Wildman–Crippen MR) is 102 cm³/mol. The molecule has 0 fully saturated rings. The molecule has 1 aromatic heterocycles. The van der Waals surface area contributed by atoms with Crippen molar-refractivity contribution >= 4 is 23.5 Å². The molecule has 25 heavy (non-hydrogen) atoms. The smallest absolute Gasteiger partial charge is 0.245 e. The van der Waals surface area contributed by atoms with Crippen LogP contribution in [-0.2, 0) is 11.2 Å². The Bertz CT molecular complexity index is 697. The van der Waals surface area contributed by atoms with Crippen molar-refractivity contribution in [2.45, 2.75) is 26.7 Å². The summed E-state index contributed by atoms with van der Waals surface area (Å²) < 4.78 is 11.1. The molecule has 2 aromatic rings. The molecule has 0 bridgehead atoms. The minimum atomic E-state index is -0.140. The molecule has 0 aliphatic rings. The van der Waals surface area contributed by atoms with Crippen LogP contribution in [0.2, 0.25) is 0 Å². The van der Waals surface area contributed by atoms with Crippen LogP contribution in [0.15, 0.2) is 40.8 Å². The number of methoxy groups -OCH3 is 1. The normalized spacial score (nSPS) is 11.0. The second kappa shape index (κ2) is 9.84. The molecule has 0 saturated heterocycles. The second-order valence-corrected chi connectivity index (χ2v) is 7.02. The van der Waals surface area contributed by atoms with Gasteiger partial charge in [0.05, 0.1) is 26.4 Å². The molecule has 1 N–H and O–H groups in total. The topological polar surface area (TPSA) is 59.9 Å². The van der Waals surface area contributed by atoms with E-state index in [0.717, 1.165) is 16.9 Å². The first kappa shape index (κ1) is 19.0. The van der Waals surface area contributed by atoms with E-state index in [2.05, 4.69) is 24.4 Å². The lowest BCUT2D eigenvalue weighted by molar-refractivity contribution is -0.120. The molecule has 1 heterocycles. The number of thiophene rings is 1. The van der Waals surface area contributed by atoms with Crippen molar-refractivity contribution in [3.63, 3.8) is 0 Å². The fourth-order valence-electron chi connectivity index (χ4n) is 2.08. The van der Waals surface area contributed by atoms with Crippen molar-refractivity contribution in [1.82, 2.24) is 5.43 Å². The van der Waals surface area contributed by atoms with Gasteiger partial charge in [0.2, 0.25) is 5.91 Å². The van der Waals surface area contributed by atoms with Gasteiger partial charge in [0.1, 0.15) is 0 Å². The van der Waals surface area contributed by atoms with E-state index >= 15 is 0 Å². The third-order valence-corrected chi connectivity index (χ3v) is 4.33. The molecule has 0 unspecified atom stereocenters. The minimum absolute atomic E-state index is 0.140. The molecule has 0 aliphatic heterocycles. The molecule has 0 spiro atoms. The summed E-state index contributed by atoms with van der Waals surface area (Å²) in [6.07, 6.45) is 2.91. The number of amides is 1. The summed E-state index contributed by atoms with van der Waals surface area (Å²) in [6, 6.07) is 9.42. The van der Waals surface area contributed by atoms with Gasteiger partial charge in [0.25, 0.3) is 0 Å². The Kier molecular flexibility index (Phi) is 7.47. The Hall–Kier alpha value is -2.34. The molecular weight excluding hydrogens is 336 g/mol.